The van der Waals surface area contributed by atoms with Crippen molar-refractivity contribution >= 4 is 46.8 Å². The molecule has 0 amide bonds. The SMILES string of the molecule is Cc1ccc2c(c1)[nH]c(=S)n2CC1CSCCS1. The average molecular weight is 296 g/mol. The minimum absolute atomic E-state index is 0.691. The summed E-state index contributed by atoms with van der Waals surface area (Å²) < 4.78 is 3.11. The minimum atomic E-state index is 0.691. The smallest absolute Gasteiger partial charge is 0.178 e. The van der Waals surface area contributed by atoms with Gasteiger partial charge in [-0.2, -0.15) is 23.5 Å². The van der Waals surface area contributed by atoms with E-state index in [2.05, 4.69) is 58.2 Å². The number of hydrogen-bond acceptors (Lipinski definition) is 3. The molecule has 1 saturated heterocycles. The second kappa shape index (κ2) is 5.31. The number of thioether (sulfide) groups is 2. The molecule has 1 aromatic heterocycles. The highest BCUT2D eigenvalue weighted by Gasteiger charge is 2.16. The summed E-state index contributed by atoms with van der Waals surface area (Å²) in [6, 6.07) is 6.51. The van der Waals surface area contributed by atoms with Gasteiger partial charge in [0.15, 0.2) is 4.77 Å². The molecule has 2 heterocycles. The lowest BCUT2D eigenvalue weighted by molar-refractivity contribution is 0.705. The van der Waals surface area contributed by atoms with Crippen molar-refractivity contribution < 1.29 is 0 Å². The molecule has 1 fully saturated rings. The molecule has 0 spiro atoms. The van der Waals surface area contributed by atoms with E-state index >= 15 is 0 Å². The standard InChI is InChI=1S/C13H16N2S3/c1-9-2-3-12-11(6-9)14-13(16)15(12)7-10-8-17-4-5-18-10/h2-3,6,10H,4-5,7-8H2,1H3,(H,14,16). The maximum absolute atomic E-state index is 5.46. The summed E-state index contributed by atoms with van der Waals surface area (Å²) in [5, 5.41) is 0.691. The van der Waals surface area contributed by atoms with Crippen molar-refractivity contribution in [1.29, 1.82) is 0 Å². The quantitative estimate of drug-likeness (QED) is 0.850. The van der Waals surface area contributed by atoms with Crippen LogP contribution in [0.3, 0.4) is 0 Å². The van der Waals surface area contributed by atoms with Gasteiger partial charge in [-0.1, -0.05) is 6.07 Å². The summed E-state index contributed by atoms with van der Waals surface area (Å²) in [5.41, 5.74) is 3.67. The van der Waals surface area contributed by atoms with Gasteiger partial charge < -0.3 is 9.55 Å². The second-order valence-electron chi connectivity index (χ2n) is 4.63. The summed E-state index contributed by atoms with van der Waals surface area (Å²) in [4.78, 5) is 3.32. The van der Waals surface area contributed by atoms with Crippen LogP contribution in [-0.2, 0) is 6.54 Å². The number of aromatic amines is 1. The highest BCUT2D eigenvalue weighted by molar-refractivity contribution is 8.06. The van der Waals surface area contributed by atoms with Gasteiger partial charge in [0.05, 0.1) is 11.0 Å². The molecule has 1 aliphatic rings. The lowest BCUT2D eigenvalue weighted by Crippen LogP contribution is -2.20. The van der Waals surface area contributed by atoms with Crippen LogP contribution in [0, 0.1) is 11.7 Å². The number of rotatable bonds is 2. The van der Waals surface area contributed by atoms with E-state index in [4.69, 9.17) is 12.2 Å². The van der Waals surface area contributed by atoms with Crippen LogP contribution in [0.2, 0.25) is 0 Å². The first-order valence-corrected chi connectivity index (χ1v) is 8.74. The van der Waals surface area contributed by atoms with Gasteiger partial charge in [0.2, 0.25) is 0 Å². The monoisotopic (exact) mass is 296 g/mol. The van der Waals surface area contributed by atoms with E-state index in [1.54, 1.807) is 0 Å². The Morgan fingerprint density at radius 1 is 1.44 bits per heavy atom. The number of H-pyrrole nitrogens is 1. The first kappa shape index (κ1) is 12.6. The fraction of sp³-hybridized carbons (Fsp3) is 0.462. The van der Waals surface area contributed by atoms with Crippen LogP contribution in [-0.4, -0.2) is 32.1 Å². The zero-order valence-corrected chi connectivity index (χ0v) is 12.8. The van der Waals surface area contributed by atoms with Crippen LogP contribution < -0.4 is 0 Å². The topological polar surface area (TPSA) is 20.7 Å². The first-order valence-electron chi connectivity index (χ1n) is 6.12. The third kappa shape index (κ3) is 2.49. The number of hydrogen-bond donors (Lipinski definition) is 1. The van der Waals surface area contributed by atoms with E-state index < -0.39 is 0 Å². The zero-order chi connectivity index (χ0) is 12.5. The fourth-order valence-corrected chi connectivity index (χ4v) is 5.24. The summed E-state index contributed by atoms with van der Waals surface area (Å²) >= 11 is 9.60. The molecular weight excluding hydrogens is 280 g/mol. The maximum Gasteiger partial charge on any atom is 0.178 e. The van der Waals surface area contributed by atoms with E-state index in [0.717, 1.165) is 16.8 Å². The van der Waals surface area contributed by atoms with Crippen molar-refractivity contribution in [2.45, 2.75) is 18.7 Å². The van der Waals surface area contributed by atoms with E-state index in [0.29, 0.717) is 5.25 Å². The van der Waals surface area contributed by atoms with Crippen LogP contribution >= 0.6 is 35.7 Å². The van der Waals surface area contributed by atoms with Crippen molar-refractivity contribution in [3.63, 3.8) is 0 Å². The Labute approximate surface area is 121 Å². The normalized spacial score (nSPS) is 20.4. The molecule has 18 heavy (non-hydrogen) atoms. The molecule has 1 N–H and O–H groups in total. The summed E-state index contributed by atoms with van der Waals surface area (Å²) in [6.07, 6.45) is 0. The van der Waals surface area contributed by atoms with Crippen molar-refractivity contribution in [1.82, 2.24) is 9.55 Å². The van der Waals surface area contributed by atoms with E-state index in [1.807, 2.05) is 0 Å². The lowest BCUT2D eigenvalue weighted by atomic mass is 10.2. The van der Waals surface area contributed by atoms with Gasteiger partial charge in [0.25, 0.3) is 0 Å². The molecule has 1 aromatic carbocycles. The van der Waals surface area contributed by atoms with Gasteiger partial charge in [0.1, 0.15) is 0 Å². The maximum atomic E-state index is 5.46. The van der Waals surface area contributed by atoms with Gasteiger partial charge in [0, 0.05) is 29.1 Å². The summed E-state index contributed by atoms with van der Waals surface area (Å²) in [7, 11) is 0. The van der Waals surface area contributed by atoms with Crippen LogP contribution in [0.15, 0.2) is 18.2 Å². The largest absolute Gasteiger partial charge is 0.331 e. The third-order valence-electron chi connectivity index (χ3n) is 3.20. The number of aryl methyl sites for hydroxylation is 1. The number of fused-ring (bicyclic) bond motifs is 1. The van der Waals surface area contributed by atoms with Gasteiger partial charge in [-0.15, -0.1) is 0 Å². The van der Waals surface area contributed by atoms with Crippen molar-refractivity contribution in [3.05, 3.63) is 28.5 Å². The average Bonchev–Trinajstić information content (AvgIpc) is 2.66. The molecule has 2 nitrogen and oxygen atoms in total. The zero-order valence-electron chi connectivity index (χ0n) is 10.3. The number of aromatic nitrogens is 2. The van der Waals surface area contributed by atoms with Crippen molar-refractivity contribution in [2.24, 2.45) is 0 Å². The van der Waals surface area contributed by atoms with E-state index in [9.17, 15) is 0 Å². The Hall–Kier alpha value is -0.390. The van der Waals surface area contributed by atoms with E-state index in [1.165, 1.54) is 28.3 Å². The highest BCUT2D eigenvalue weighted by atomic mass is 32.2. The Morgan fingerprint density at radius 3 is 3.11 bits per heavy atom. The second-order valence-corrected chi connectivity index (χ2v) is 7.57. The van der Waals surface area contributed by atoms with Crippen LogP contribution in [0.5, 0.6) is 0 Å². The Morgan fingerprint density at radius 2 is 2.33 bits per heavy atom. The Balaban J connectivity index is 1.95. The third-order valence-corrected chi connectivity index (χ3v) is 6.35. The predicted molar refractivity (Wildman–Crippen MR) is 85.4 cm³/mol. The Kier molecular flexibility index (Phi) is 3.73. The summed E-state index contributed by atoms with van der Waals surface area (Å²) in [6.45, 7) is 3.14. The molecule has 1 unspecified atom stereocenters. The van der Waals surface area contributed by atoms with Crippen LogP contribution in [0.25, 0.3) is 11.0 Å². The van der Waals surface area contributed by atoms with Gasteiger partial charge in [-0.25, -0.2) is 0 Å². The lowest BCUT2D eigenvalue weighted by Gasteiger charge is -2.21. The molecule has 3 rings (SSSR count). The van der Waals surface area contributed by atoms with Gasteiger partial charge >= 0.3 is 0 Å². The molecule has 0 bridgehead atoms. The molecule has 1 aliphatic heterocycles. The van der Waals surface area contributed by atoms with Gasteiger partial charge in [-0.3, -0.25) is 0 Å². The minimum Gasteiger partial charge on any atom is -0.331 e. The van der Waals surface area contributed by atoms with Crippen molar-refractivity contribution in [2.75, 3.05) is 17.3 Å². The highest BCUT2D eigenvalue weighted by Crippen LogP contribution is 2.26. The molecular formula is C13H16N2S3. The van der Waals surface area contributed by atoms with Gasteiger partial charge in [-0.05, 0) is 36.8 Å². The number of benzene rings is 1. The molecule has 5 heteroatoms. The Bertz CT molecular complexity index is 608. The van der Waals surface area contributed by atoms with Crippen LogP contribution in [0.1, 0.15) is 5.56 Å². The number of nitrogens with zero attached hydrogens (tertiary/aromatic N) is 1. The number of imidazole rings is 1. The van der Waals surface area contributed by atoms with Crippen molar-refractivity contribution in [3.8, 4) is 0 Å². The van der Waals surface area contributed by atoms with E-state index in [-0.39, 0.29) is 0 Å². The molecule has 96 valence electrons. The molecule has 0 radical (unpaired) electrons. The predicted octanol–water partition coefficient (Wildman–Crippen LogP) is 3.86. The molecule has 2 aromatic rings. The molecule has 1 atom stereocenters. The fourth-order valence-electron chi connectivity index (χ4n) is 2.30. The number of nitrogens with one attached hydrogen (secondary N) is 1. The first-order chi connectivity index (χ1) is 8.74. The molecule has 0 saturated carbocycles. The summed E-state index contributed by atoms with van der Waals surface area (Å²) in [5.74, 6) is 3.80. The molecule has 0 aliphatic carbocycles. The van der Waals surface area contributed by atoms with Crippen LogP contribution in [0.4, 0.5) is 0 Å².